The summed E-state index contributed by atoms with van der Waals surface area (Å²) in [5.74, 6) is 1.02. The summed E-state index contributed by atoms with van der Waals surface area (Å²) in [4.78, 5) is 26.1. The van der Waals surface area contributed by atoms with Crippen molar-refractivity contribution in [2.75, 3.05) is 25.0 Å². The third-order valence-corrected chi connectivity index (χ3v) is 4.12. The molecule has 5 nitrogen and oxygen atoms in total. The zero-order valence-electron chi connectivity index (χ0n) is 14.0. The van der Waals surface area contributed by atoms with E-state index < -0.39 is 0 Å². The van der Waals surface area contributed by atoms with E-state index in [0.717, 1.165) is 30.7 Å². The number of nitrogens with one attached hydrogen (secondary N) is 1. The number of hydrogen-bond acceptors (Lipinski definition) is 3. The van der Waals surface area contributed by atoms with E-state index in [1.807, 2.05) is 43.0 Å². The Morgan fingerprint density at radius 2 is 1.83 bits per heavy atom. The highest BCUT2D eigenvalue weighted by molar-refractivity contribution is 5.92. The minimum Gasteiger partial charge on any atom is -0.494 e. The van der Waals surface area contributed by atoms with Crippen LogP contribution in [0.3, 0.4) is 0 Å². The van der Waals surface area contributed by atoms with Gasteiger partial charge in [-0.3, -0.25) is 9.59 Å². The molecule has 1 N–H and O–H groups in total. The molecule has 0 aromatic heterocycles. The Morgan fingerprint density at radius 3 is 2.39 bits per heavy atom. The highest BCUT2D eigenvalue weighted by atomic mass is 16.5. The molecule has 0 bridgehead atoms. The van der Waals surface area contributed by atoms with Crippen molar-refractivity contribution >= 4 is 17.5 Å². The Morgan fingerprint density at radius 1 is 1.17 bits per heavy atom. The van der Waals surface area contributed by atoms with Crippen molar-refractivity contribution in [1.82, 2.24) is 4.90 Å². The van der Waals surface area contributed by atoms with Crippen molar-refractivity contribution in [3.63, 3.8) is 0 Å². The van der Waals surface area contributed by atoms with Crippen molar-refractivity contribution in [3.8, 4) is 5.75 Å². The van der Waals surface area contributed by atoms with Crippen molar-refractivity contribution in [2.24, 2.45) is 5.92 Å². The molecule has 0 aliphatic carbocycles. The molecule has 1 saturated heterocycles. The SMILES string of the molecule is CCCC(=O)N1CCC(C(=O)Nc2ccc(OCC)cc2)CC1. The van der Waals surface area contributed by atoms with Gasteiger partial charge in [0.15, 0.2) is 0 Å². The lowest BCUT2D eigenvalue weighted by Gasteiger charge is -2.31. The van der Waals surface area contributed by atoms with Crippen LogP contribution in [0.15, 0.2) is 24.3 Å². The fraction of sp³-hybridized carbons (Fsp3) is 0.556. The van der Waals surface area contributed by atoms with Gasteiger partial charge in [0.05, 0.1) is 6.61 Å². The number of carbonyl (C=O) groups excluding carboxylic acids is 2. The summed E-state index contributed by atoms with van der Waals surface area (Å²) in [5.41, 5.74) is 0.781. The lowest BCUT2D eigenvalue weighted by molar-refractivity contribution is -0.134. The number of nitrogens with zero attached hydrogens (tertiary/aromatic N) is 1. The van der Waals surface area contributed by atoms with E-state index in [1.54, 1.807) is 0 Å². The van der Waals surface area contributed by atoms with Gasteiger partial charge in [0.1, 0.15) is 5.75 Å². The van der Waals surface area contributed by atoms with Gasteiger partial charge in [-0.25, -0.2) is 0 Å². The Kier molecular flexibility index (Phi) is 6.44. The predicted octanol–water partition coefficient (Wildman–Crippen LogP) is 3.06. The molecule has 126 valence electrons. The topological polar surface area (TPSA) is 58.6 Å². The summed E-state index contributed by atoms with van der Waals surface area (Å²) >= 11 is 0. The standard InChI is InChI=1S/C18H26N2O3/c1-3-5-17(21)20-12-10-14(11-13-20)18(22)19-15-6-8-16(9-7-15)23-4-2/h6-9,14H,3-5,10-13H2,1-2H3,(H,19,22). The molecule has 0 atom stereocenters. The summed E-state index contributed by atoms with van der Waals surface area (Å²) in [5, 5.41) is 2.95. The number of ether oxygens (including phenoxy) is 1. The molecule has 23 heavy (non-hydrogen) atoms. The van der Waals surface area contributed by atoms with Crippen LogP contribution in [-0.4, -0.2) is 36.4 Å². The van der Waals surface area contributed by atoms with Gasteiger partial charge in [-0.05, 0) is 50.5 Å². The average Bonchev–Trinajstić information content (AvgIpc) is 2.57. The number of benzene rings is 1. The van der Waals surface area contributed by atoms with Crippen molar-refractivity contribution in [1.29, 1.82) is 0 Å². The van der Waals surface area contributed by atoms with Crippen LogP contribution in [0.1, 0.15) is 39.5 Å². The number of likely N-dealkylation sites (tertiary alicyclic amines) is 1. The van der Waals surface area contributed by atoms with E-state index in [2.05, 4.69) is 5.32 Å². The van der Waals surface area contributed by atoms with Gasteiger partial charge in [-0.2, -0.15) is 0 Å². The molecule has 1 aliphatic heterocycles. The Hall–Kier alpha value is -2.04. The van der Waals surface area contributed by atoms with E-state index in [1.165, 1.54) is 0 Å². The zero-order chi connectivity index (χ0) is 16.7. The van der Waals surface area contributed by atoms with Gasteiger partial charge in [0.25, 0.3) is 0 Å². The maximum atomic E-state index is 12.3. The third kappa shape index (κ3) is 4.98. The van der Waals surface area contributed by atoms with Crippen LogP contribution in [0.4, 0.5) is 5.69 Å². The number of piperidine rings is 1. The minimum absolute atomic E-state index is 0.0211. The summed E-state index contributed by atoms with van der Waals surface area (Å²) < 4.78 is 5.39. The lowest BCUT2D eigenvalue weighted by Crippen LogP contribution is -2.41. The second-order valence-electron chi connectivity index (χ2n) is 5.85. The first-order valence-electron chi connectivity index (χ1n) is 8.45. The lowest BCUT2D eigenvalue weighted by atomic mass is 9.95. The molecule has 0 saturated carbocycles. The first-order valence-corrected chi connectivity index (χ1v) is 8.45. The number of anilines is 1. The normalized spacial score (nSPS) is 15.3. The largest absolute Gasteiger partial charge is 0.494 e. The molecular formula is C18H26N2O3. The van der Waals surface area contributed by atoms with Crippen LogP contribution in [0.5, 0.6) is 5.75 Å². The van der Waals surface area contributed by atoms with Crippen LogP contribution in [0.2, 0.25) is 0 Å². The molecule has 2 amide bonds. The Labute approximate surface area is 138 Å². The monoisotopic (exact) mass is 318 g/mol. The van der Waals surface area contributed by atoms with E-state index >= 15 is 0 Å². The van der Waals surface area contributed by atoms with Crippen molar-refractivity contribution in [2.45, 2.75) is 39.5 Å². The molecule has 0 unspecified atom stereocenters. The highest BCUT2D eigenvalue weighted by Gasteiger charge is 2.26. The fourth-order valence-electron chi connectivity index (χ4n) is 2.81. The molecule has 5 heteroatoms. The van der Waals surface area contributed by atoms with E-state index in [9.17, 15) is 9.59 Å². The molecule has 0 spiro atoms. The van der Waals surface area contributed by atoms with Gasteiger partial charge in [-0.1, -0.05) is 6.92 Å². The van der Waals surface area contributed by atoms with Crippen molar-refractivity contribution < 1.29 is 14.3 Å². The molecule has 0 radical (unpaired) electrons. The number of rotatable bonds is 6. The van der Waals surface area contributed by atoms with E-state index in [0.29, 0.717) is 26.1 Å². The average molecular weight is 318 g/mol. The van der Waals surface area contributed by atoms with Gasteiger partial charge in [0, 0.05) is 31.1 Å². The summed E-state index contributed by atoms with van der Waals surface area (Å²) in [7, 11) is 0. The quantitative estimate of drug-likeness (QED) is 0.877. The second kappa shape index (κ2) is 8.56. The van der Waals surface area contributed by atoms with E-state index in [4.69, 9.17) is 4.74 Å². The first-order chi connectivity index (χ1) is 11.1. The van der Waals surface area contributed by atoms with Crippen LogP contribution in [-0.2, 0) is 9.59 Å². The molecule has 1 heterocycles. The third-order valence-electron chi connectivity index (χ3n) is 4.12. The number of hydrogen-bond donors (Lipinski definition) is 1. The molecule has 1 aromatic carbocycles. The summed E-state index contributed by atoms with van der Waals surface area (Å²) in [6.45, 7) is 5.93. The van der Waals surface area contributed by atoms with Crippen LogP contribution in [0.25, 0.3) is 0 Å². The fourth-order valence-corrected chi connectivity index (χ4v) is 2.81. The van der Waals surface area contributed by atoms with Gasteiger partial charge >= 0.3 is 0 Å². The van der Waals surface area contributed by atoms with Crippen LogP contribution in [0, 0.1) is 5.92 Å². The predicted molar refractivity (Wildman–Crippen MR) is 90.5 cm³/mol. The van der Waals surface area contributed by atoms with Crippen LogP contribution < -0.4 is 10.1 Å². The van der Waals surface area contributed by atoms with Gasteiger partial charge in [-0.15, -0.1) is 0 Å². The van der Waals surface area contributed by atoms with Gasteiger partial charge in [0.2, 0.25) is 11.8 Å². The Bertz CT molecular complexity index is 520. The molecule has 1 fully saturated rings. The molecule has 1 aromatic rings. The number of amides is 2. The maximum Gasteiger partial charge on any atom is 0.227 e. The van der Waals surface area contributed by atoms with E-state index in [-0.39, 0.29) is 17.7 Å². The zero-order valence-corrected chi connectivity index (χ0v) is 14.0. The molecule has 1 aliphatic rings. The summed E-state index contributed by atoms with van der Waals surface area (Å²) in [6.07, 6.45) is 2.94. The Balaban J connectivity index is 1.81. The maximum absolute atomic E-state index is 12.3. The highest BCUT2D eigenvalue weighted by Crippen LogP contribution is 2.21. The minimum atomic E-state index is -0.0211. The van der Waals surface area contributed by atoms with Crippen LogP contribution >= 0.6 is 0 Å². The summed E-state index contributed by atoms with van der Waals surface area (Å²) in [6, 6.07) is 7.40. The van der Waals surface area contributed by atoms with Crippen molar-refractivity contribution in [3.05, 3.63) is 24.3 Å². The molecule has 2 rings (SSSR count). The molecular weight excluding hydrogens is 292 g/mol. The van der Waals surface area contributed by atoms with Gasteiger partial charge < -0.3 is 15.0 Å². The first kappa shape index (κ1) is 17.3. The second-order valence-corrected chi connectivity index (χ2v) is 5.85. The smallest absolute Gasteiger partial charge is 0.227 e. The number of carbonyl (C=O) groups is 2.